The van der Waals surface area contributed by atoms with Gasteiger partial charge in [-0.15, -0.1) is 0 Å². The van der Waals surface area contributed by atoms with E-state index in [1.807, 2.05) is 19.1 Å². The van der Waals surface area contributed by atoms with Gasteiger partial charge in [-0.2, -0.15) is 0 Å². The number of nitrogens with zero attached hydrogens (tertiary/aromatic N) is 3. The zero-order chi connectivity index (χ0) is 21.8. The number of hydrogen-bond donors (Lipinski definition) is 1. The van der Waals surface area contributed by atoms with Crippen molar-refractivity contribution in [1.29, 1.82) is 0 Å². The highest BCUT2D eigenvalue weighted by molar-refractivity contribution is 6.07. The third-order valence-electron chi connectivity index (χ3n) is 6.06. The minimum Gasteiger partial charge on any atom is -0.399 e. The van der Waals surface area contributed by atoms with Gasteiger partial charge in [-0.3, -0.25) is 19.6 Å². The molecule has 3 aromatic rings. The third-order valence-corrected chi connectivity index (χ3v) is 6.06. The molecule has 0 bridgehead atoms. The lowest BCUT2D eigenvalue weighted by Gasteiger charge is -2.50. The van der Waals surface area contributed by atoms with Crippen LogP contribution in [0.25, 0.3) is 0 Å². The van der Waals surface area contributed by atoms with Crippen molar-refractivity contribution in [3.8, 4) is 0 Å². The fraction of sp³-hybridized carbons (Fsp3) is 0.280. The molecule has 0 spiro atoms. The molecule has 31 heavy (non-hydrogen) atoms. The van der Waals surface area contributed by atoms with Crippen molar-refractivity contribution < 1.29 is 9.18 Å². The number of halogens is 1. The average molecular weight is 419 g/mol. The van der Waals surface area contributed by atoms with Crippen LogP contribution in [0.15, 0.2) is 73.1 Å². The summed E-state index contributed by atoms with van der Waals surface area (Å²) >= 11 is 0. The molecule has 2 N–H and O–H groups in total. The first-order chi connectivity index (χ1) is 15.0. The number of likely N-dealkylation sites (tertiary alicyclic amines) is 1. The van der Waals surface area contributed by atoms with Crippen LogP contribution in [0, 0.1) is 5.82 Å². The number of anilines is 2. The van der Waals surface area contributed by atoms with Gasteiger partial charge in [0.1, 0.15) is 11.5 Å². The summed E-state index contributed by atoms with van der Waals surface area (Å²) in [6.45, 7) is 3.73. The lowest BCUT2D eigenvalue weighted by atomic mass is 9.93. The quantitative estimate of drug-likeness (QED) is 0.604. The molecule has 1 aromatic heterocycles. The van der Waals surface area contributed by atoms with Crippen LogP contribution in [0.4, 0.5) is 15.8 Å². The Balaban J connectivity index is 1.90. The van der Waals surface area contributed by atoms with Gasteiger partial charge in [0.2, 0.25) is 0 Å². The van der Waals surface area contributed by atoms with Crippen molar-refractivity contribution in [3.63, 3.8) is 0 Å². The Kier molecular flexibility index (Phi) is 6.00. The van der Waals surface area contributed by atoms with Crippen LogP contribution in [0.5, 0.6) is 0 Å². The summed E-state index contributed by atoms with van der Waals surface area (Å²) in [5, 5.41) is 0. The lowest BCUT2D eigenvalue weighted by Crippen LogP contribution is -2.60. The smallest absolute Gasteiger partial charge is 0.260 e. The molecule has 6 heteroatoms. The van der Waals surface area contributed by atoms with Gasteiger partial charge < -0.3 is 5.73 Å². The van der Waals surface area contributed by atoms with Crippen LogP contribution in [0.3, 0.4) is 0 Å². The molecular weight excluding hydrogens is 391 g/mol. The Hall–Kier alpha value is -3.25. The summed E-state index contributed by atoms with van der Waals surface area (Å²) in [6, 6.07) is 17.1. The van der Waals surface area contributed by atoms with Gasteiger partial charge in [-0.25, -0.2) is 4.39 Å². The second-order valence-electron chi connectivity index (χ2n) is 8.05. The predicted molar refractivity (Wildman–Crippen MR) is 121 cm³/mol. The number of benzene rings is 2. The van der Waals surface area contributed by atoms with E-state index in [2.05, 4.69) is 9.88 Å². The van der Waals surface area contributed by atoms with Crippen molar-refractivity contribution in [1.82, 2.24) is 9.88 Å². The van der Waals surface area contributed by atoms with Crippen LogP contribution >= 0.6 is 0 Å². The molecule has 0 radical (unpaired) electrons. The number of nitrogens with two attached hydrogens (primary N) is 1. The zero-order valence-electron chi connectivity index (χ0n) is 17.7. The fourth-order valence-electron chi connectivity index (χ4n) is 4.36. The summed E-state index contributed by atoms with van der Waals surface area (Å²) in [5.74, 6) is -0.465. The standard InChI is InChI=1S/C25H27FN4O/c1-25(29-16-3-2-4-17-29,20-9-11-21(26)12-10-20)30(23-6-5-15-28-18-23)24(31)19-7-13-22(27)14-8-19/h5-15,18H,2-4,16-17,27H2,1H3. The number of piperidine rings is 1. The number of hydrogen-bond acceptors (Lipinski definition) is 4. The molecule has 1 amide bonds. The van der Waals surface area contributed by atoms with E-state index in [1.54, 1.807) is 53.7 Å². The molecule has 1 aliphatic rings. The first-order valence-corrected chi connectivity index (χ1v) is 10.6. The lowest BCUT2D eigenvalue weighted by molar-refractivity contribution is 0.0611. The molecule has 4 rings (SSSR count). The van der Waals surface area contributed by atoms with Crippen molar-refractivity contribution in [2.45, 2.75) is 31.8 Å². The number of amides is 1. The first kappa shape index (κ1) is 21.0. The van der Waals surface area contributed by atoms with Crippen LogP contribution in [-0.4, -0.2) is 28.9 Å². The molecule has 160 valence electrons. The Morgan fingerprint density at radius 2 is 1.71 bits per heavy atom. The highest BCUT2D eigenvalue weighted by atomic mass is 19.1. The molecule has 1 fully saturated rings. The summed E-state index contributed by atoms with van der Waals surface area (Å²) in [5.41, 5.74) is 7.68. The normalized spacial score (nSPS) is 16.5. The molecule has 1 unspecified atom stereocenters. The largest absolute Gasteiger partial charge is 0.399 e. The highest BCUT2D eigenvalue weighted by Gasteiger charge is 2.44. The van der Waals surface area contributed by atoms with E-state index >= 15 is 0 Å². The van der Waals surface area contributed by atoms with Crippen LogP contribution in [-0.2, 0) is 5.66 Å². The molecule has 1 saturated heterocycles. The van der Waals surface area contributed by atoms with Gasteiger partial charge in [0.15, 0.2) is 0 Å². The Bertz CT molecular complexity index is 1020. The van der Waals surface area contributed by atoms with Crippen molar-refractivity contribution >= 4 is 17.3 Å². The topological polar surface area (TPSA) is 62.5 Å². The van der Waals surface area contributed by atoms with E-state index in [4.69, 9.17) is 5.73 Å². The Morgan fingerprint density at radius 1 is 1.03 bits per heavy atom. The molecule has 5 nitrogen and oxygen atoms in total. The number of nitrogen functional groups attached to an aromatic ring is 1. The number of carbonyl (C=O) groups excluding carboxylic acids is 1. The minimum absolute atomic E-state index is 0.162. The molecule has 0 saturated carbocycles. The fourth-order valence-corrected chi connectivity index (χ4v) is 4.36. The van der Waals surface area contributed by atoms with Crippen LogP contribution in [0.2, 0.25) is 0 Å². The van der Waals surface area contributed by atoms with Crippen LogP contribution < -0.4 is 10.6 Å². The van der Waals surface area contributed by atoms with E-state index in [0.717, 1.165) is 37.9 Å². The molecule has 2 heterocycles. The summed E-state index contributed by atoms with van der Waals surface area (Å²) < 4.78 is 13.8. The van der Waals surface area contributed by atoms with Gasteiger partial charge in [0, 0.05) is 30.5 Å². The zero-order valence-corrected chi connectivity index (χ0v) is 17.7. The second kappa shape index (κ2) is 8.86. The van der Waals surface area contributed by atoms with Gasteiger partial charge in [0.25, 0.3) is 5.91 Å². The van der Waals surface area contributed by atoms with E-state index in [0.29, 0.717) is 16.9 Å². The maximum Gasteiger partial charge on any atom is 0.260 e. The van der Waals surface area contributed by atoms with Crippen molar-refractivity contribution in [2.75, 3.05) is 23.7 Å². The highest BCUT2D eigenvalue weighted by Crippen LogP contribution is 2.39. The Labute approximate surface area is 182 Å². The van der Waals surface area contributed by atoms with Crippen LogP contribution in [0.1, 0.15) is 42.1 Å². The minimum atomic E-state index is -0.824. The maximum absolute atomic E-state index is 13.9. The number of aromatic nitrogens is 1. The molecular formula is C25H27FN4O. The van der Waals surface area contributed by atoms with Crippen molar-refractivity contribution in [3.05, 3.63) is 90.0 Å². The third kappa shape index (κ3) is 4.16. The Morgan fingerprint density at radius 3 is 2.32 bits per heavy atom. The van der Waals surface area contributed by atoms with E-state index in [9.17, 15) is 9.18 Å². The van der Waals surface area contributed by atoms with Gasteiger partial charge in [0.05, 0.1) is 11.9 Å². The second-order valence-corrected chi connectivity index (χ2v) is 8.05. The number of rotatable bonds is 5. The van der Waals surface area contributed by atoms with E-state index in [-0.39, 0.29) is 11.7 Å². The van der Waals surface area contributed by atoms with Crippen molar-refractivity contribution in [2.24, 2.45) is 0 Å². The molecule has 2 aromatic carbocycles. The number of pyridine rings is 1. The molecule has 1 aliphatic heterocycles. The molecule has 0 aliphatic carbocycles. The van der Waals surface area contributed by atoms with E-state index in [1.165, 1.54) is 12.1 Å². The maximum atomic E-state index is 13.9. The van der Waals surface area contributed by atoms with Gasteiger partial charge >= 0.3 is 0 Å². The first-order valence-electron chi connectivity index (χ1n) is 10.6. The monoisotopic (exact) mass is 418 g/mol. The number of carbonyl (C=O) groups is 1. The molecule has 1 atom stereocenters. The SMILES string of the molecule is CC(c1ccc(F)cc1)(N1CCCCC1)N(C(=O)c1ccc(N)cc1)c1cccnc1. The summed E-state index contributed by atoms with van der Waals surface area (Å²) in [6.07, 6.45) is 6.64. The van der Waals surface area contributed by atoms with Gasteiger partial charge in [-0.1, -0.05) is 18.6 Å². The van der Waals surface area contributed by atoms with Gasteiger partial charge in [-0.05, 0) is 73.9 Å². The van der Waals surface area contributed by atoms with E-state index < -0.39 is 5.66 Å². The average Bonchev–Trinajstić information content (AvgIpc) is 2.81. The summed E-state index contributed by atoms with van der Waals surface area (Å²) in [7, 11) is 0. The predicted octanol–water partition coefficient (Wildman–Crippen LogP) is 4.81. The summed E-state index contributed by atoms with van der Waals surface area (Å²) in [4.78, 5) is 22.3.